The molecule has 21 heavy (non-hydrogen) atoms. The van der Waals surface area contributed by atoms with Gasteiger partial charge in [0.15, 0.2) is 0 Å². The Morgan fingerprint density at radius 3 is 2.48 bits per heavy atom. The van der Waals surface area contributed by atoms with Gasteiger partial charge in [-0.15, -0.1) is 0 Å². The summed E-state index contributed by atoms with van der Waals surface area (Å²) in [4.78, 5) is 2.12. The van der Waals surface area contributed by atoms with E-state index in [-0.39, 0.29) is 6.04 Å². The first kappa shape index (κ1) is 16.2. The van der Waals surface area contributed by atoms with Crippen molar-refractivity contribution in [2.75, 3.05) is 24.3 Å². The van der Waals surface area contributed by atoms with Gasteiger partial charge in [0, 0.05) is 41.0 Å². The number of hydrogen-bond donors (Lipinski definition) is 1. The average Bonchev–Trinajstić information content (AvgIpc) is 2.40. The zero-order valence-corrected chi connectivity index (χ0v) is 15.1. The van der Waals surface area contributed by atoms with Crippen LogP contribution in [0.4, 0.5) is 11.4 Å². The molecule has 0 aliphatic carbocycles. The summed E-state index contributed by atoms with van der Waals surface area (Å²) in [6, 6.07) is 12.5. The molecule has 1 unspecified atom stereocenters. The van der Waals surface area contributed by atoms with Crippen LogP contribution in [0.25, 0.3) is 0 Å². The molecule has 112 valence electrons. The Morgan fingerprint density at radius 1 is 1.14 bits per heavy atom. The maximum absolute atomic E-state index is 6.32. The van der Waals surface area contributed by atoms with Crippen LogP contribution in [-0.4, -0.2) is 14.1 Å². The van der Waals surface area contributed by atoms with E-state index >= 15 is 0 Å². The zero-order valence-electron chi connectivity index (χ0n) is 12.7. The molecule has 1 N–H and O–H groups in total. The summed E-state index contributed by atoms with van der Waals surface area (Å²) in [6.45, 7) is 4.23. The molecule has 4 heteroatoms. The summed E-state index contributed by atoms with van der Waals surface area (Å²) in [5.74, 6) is 0. The Morgan fingerprint density at radius 2 is 1.86 bits per heavy atom. The predicted octanol–water partition coefficient (Wildman–Crippen LogP) is 5.65. The van der Waals surface area contributed by atoms with Crippen LogP contribution in [0.15, 0.2) is 40.9 Å². The van der Waals surface area contributed by atoms with Crippen LogP contribution in [0.3, 0.4) is 0 Å². The molecule has 0 aliphatic rings. The molecule has 0 fully saturated rings. The van der Waals surface area contributed by atoms with E-state index in [9.17, 15) is 0 Å². The summed E-state index contributed by atoms with van der Waals surface area (Å²) < 4.78 is 0.994. The molecule has 0 spiro atoms. The Bertz CT molecular complexity index is 641. The first-order valence-electron chi connectivity index (χ1n) is 6.88. The third-order valence-electron chi connectivity index (χ3n) is 3.50. The van der Waals surface area contributed by atoms with Crippen molar-refractivity contribution in [3.05, 3.63) is 57.0 Å². The quantitative estimate of drug-likeness (QED) is 0.751. The van der Waals surface area contributed by atoms with Crippen molar-refractivity contribution in [2.45, 2.75) is 19.9 Å². The Balaban J connectivity index is 2.23. The van der Waals surface area contributed by atoms with Gasteiger partial charge in [0.1, 0.15) is 0 Å². The van der Waals surface area contributed by atoms with Crippen molar-refractivity contribution >= 4 is 38.9 Å². The highest BCUT2D eigenvalue weighted by molar-refractivity contribution is 9.10. The lowest BCUT2D eigenvalue weighted by atomic mass is 10.1. The first-order chi connectivity index (χ1) is 9.88. The molecule has 1 atom stereocenters. The van der Waals surface area contributed by atoms with Crippen molar-refractivity contribution < 1.29 is 0 Å². The maximum Gasteiger partial charge on any atom is 0.0500 e. The highest BCUT2D eigenvalue weighted by Crippen LogP contribution is 2.30. The van der Waals surface area contributed by atoms with Gasteiger partial charge in [-0.2, -0.15) is 0 Å². The van der Waals surface area contributed by atoms with Crippen molar-refractivity contribution in [3.8, 4) is 0 Å². The van der Waals surface area contributed by atoms with Gasteiger partial charge in [-0.25, -0.2) is 0 Å². The predicted molar refractivity (Wildman–Crippen MR) is 96.7 cm³/mol. The molecule has 0 aliphatic heterocycles. The monoisotopic (exact) mass is 366 g/mol. The second-order valence-corrected chi connectivity index (χ2v) is 6.75. The standard InChI is InChI=1S/C17H20BrClN2/c1-11-5-7-14(10-17(11)21(3)4)20-12(2)15-8-6-13(18)9-16(15)19/h5-10,12,20H,1-4H3. The molecular weight excluding hydrogens is 348 g/mol. The van der Waals surface area contributed by atoms with Crippen molar-refractivity contribution in [3.63, 3.8) is 0 Å². The summed E-state index contributed by atoms with van der Waals surface area (Å²) in [5.41, 5.74) is 4.66. The molecule has 0 amide bonds. The zero-order chi connectivity index (χ0) is 15.6. The van der Waals surface area contributed by atoms with Gasteiger partial charge in [0.05, 0.1) is 0 Å². The van der Waals surface area contributed by atoms with Crippen molar-refractivity contribution in [1.29, 1.82) is 0 Å². The van der Waals surface area contributed by atoms with Crippen LogP contribution in [0, 0.1) is 6.92 Å². The maximum atomic E-state index is 6.32. The van der Waals surface area contributed by atoms with Crippen LogP contribution >= 0.6 is 27.5 Å². The average molecular weight is 368 g/mol. The number of nitrogens with zero attached hydrogens (tertiary/aromatic N) is 1. The molecule has 0 heterocycles. The number of benzene rings is 2. The fourth-order valence-corrected chi connectivity index (χ4v) is 3.20. The van der Waals surface area contributed by atoms with Gasteiger partial charge in [0.25, 0.3) is 0 Å². The lowest BCUT2D eigenvalue weighted by Crippen LogP contribution is -2.12. The Kier molecular flexibility index (Phi) is 5.17. The second-order valence-electron chi connectivity index (χ2n) is 5.43. The summed E-state index contributed by atoms with van der Waals surface area (Å²) in [6.07, 6.45) is 0. The number of anilines is 2. The van der Waals surface area contributed by atoms with Crippen LogP contribution in [-0.2, 0) is 0 Å². The minimum absolute atomic E-state index is 0.142. The summed E-state index contributed by atoms with van der Waals surface area (Å²) in [5, 5.41) is 4.28. The van der Waals surface area contributed by atoms with Gasteiger partial charge >= 0.3 is 0 Å². The molecule has 2 aromatic rings. The van der Waals surface area contributed by atoms with Gasteiger partial charge in [-0.3, -0.25) is 0 Å². The molecule has 0 radical (unpaired) electrons. The smallest absolute Gasteiger partial charge is 0.0500 e. The topological polar surface area (TPSA) is 15.3 Å². The van der Waals surface area contributed by atoms with E-state index in [4.69, 9.17) is 11.6 Å². The lowest BCUT2D eigenvalue weighted by molar-refractivity contribution is 0.884. The third kappa shape index (κ3) is 3.92. The fourth-order valence-electron chi connectivity index (χ4n) is 2.36. The molecule has 0 bridgehead atoms. The van der Waals surface area contributed by atoms with Gasteiger partial charge in [0.2, 0.25) is 0 Å². The Labute approximate surface area is 140 Å². The summed E-state index contributed by atoms with van der Waals surface area (Å²) in [7, 11) is 4.11. The van der Waals surface area contributed by atoms with Crippen LogP contribution in [0.2, 0.25) is 5.02 Å². The molecule has 2 nitrogen and oxygen atoms in total. The van der Waals surface area contributed by atoms with Crippen molar-refractivity contribution in [2.24, 2.45) is 0 Å². The molecule has 2 aromatic carbocycles. The number of halogens is 2. The Hall–Kier alpha value is -1.19. The number of nitrogens with one attached hydrogen (secondary N) is 1. The first-order valence-corrected chi connectivity index (χ1v) is 8.05. The fraction of sp³-hybridized carbons (Fsp3) is 0.294. The minimum Gasteiger partial charge on any atom is -0.378 e. The van der Waals surface area contributed by atoms with E-state index in [1.54, 1.807) is 0 Å². The largest absolute Gasteiger partial charge is 0.378 e. The van der Waals surface area contributed by atoms with Crippen molar-refractivity contribution in [1.82, 2.24) is 0 Å². The van der Waals surface area contributed by atoms with E-state index < -0.39 is 0 Å². The van der Waals surface area contributed by atoms with Gasteiger partial charge in [-0.1, -0.05) is 39.7 Å². The highest BCUT2D eigenvalue weighted by atomic mass is 79.9. The molecule has 2 rings (SSSR count). The summed E-state index contributed by atoms with van der Waals surface area (Å²) >= 11 is 9.75. The van der Waals surface area contributed by atoms with Crippen LogP contribution < -0.4 is 10.2 Å². The van der Waals surface area contributed by atoms with E-state index in [1.165, 1.54) is 11.3 Å². The lowest BCUT2D eigenvalue weighted by Gasteiger charge is -2.21. The van der Waals surface area contributed by atoms with E-state index in [0.717, 1.165) is 20.7 Å². The van der Waals surface area contributed by atoms with Gasteiger partial charge in [-0.05, 0) is 49.2 Å². The SMILES string of the molecule is Cc1ccc(NC(C)c2ccc(Br)cc2Cl)cc1N(C)C. The number of hydrogen-bond acceptors (Lipinski definition) is 2. The normalized spacial score (nSPS) is 12.1. The van der Waals surface area contributed by atoms with Crippen LogP contribution in [0.1, 0.15) is 24.1 Å². The highest BCUT2D eigenvalue weighted by Gasteiger charge is 2.11. The molecular formula is C17H20BrClN2. The number of rotatable bonds is 4. The van der Waals surface area contributed by atoms with E-state index in [2.05, 4.69) is 72.3 Å². The molecule has 0 saturated heterocycles. The van der Waals surface area contributed by atoms with Crippen LogP contribution in [0.5, 0.6) is 0 Å². The van der Waals surface area contributed by atoms with Gasteiger partial charge < -0.3 is 10.2 Å². The van der Waals surface area contributed by atoms with E-state index in [0.29, 0.717) is 0 Å². The third-order valence-corrected chi connectivity index (χ3v) is 4.32. The molecule has 0 aromatic heterocycles. The second kappa shape index (κ2) is 6.71. The van der Waals surface area contributed by atoms with E-state index in [1.807, 2.05) is 18.2 Å². The molecule has 0 saturated carbocycles. The number of aryl methyl sites for hydroxylation is 1. The minimum atomic E-state index is 0.142.